The van der Waals surface area contributed by atoms with E-state index in [4.69, 9.17) is 14.8 Å². The van der Waals surface area contributed by atoms with Crippen molar-refractivity contribution in [3.63, 3.8) is 0 Å². The Bertz CT molecular complexity index is 1030. The molecule has 0 aromatic carbocycles. The molecule has 0 saturated heterocycles. The van der Waals surface area contributed by atoms with Gasteiger partial charge in [0.1, 0.15) is 0 Å². The minimum absolute atomic E-state index is 0.0403. The van der Waals surface area contributed by atoms with Crippen molar-refractivity contribution in [2.45, 2.75) is 218 Å². The van der Waals surface area contributed by atoms with E-state index < -0.39 is 38.6 Å². The highest BCUT2D eigenvalue weighted by Gasteiger charge is 2.27. The summed E-state index contributed by atoms with van der Waals surface area (Å²) in [5.41, 5.74) is 5.36. The molecule has 1 amide bonds. The van der Waals surface area contributed by atoms with Crippen LogP contribution in [0.1, 0.15) is 200 Å². The number of nitrogens with two attached hydrogens (primary N) is 1. The summed E-state index contributed by atoms with van der Waals surface area (Å²) >= 11 is 0. The molecule has 0 aliphatic heterocycles. The summed E-state index contributed by atoms with van der Waals surface area (Å²) in [5, 5.41) is 24.0. The smallest absolute Gasteiger partial charge is 0.393 e. The predicted octanol–water partition coefficient (Wildman–Crippen LogP) is 11.9. The fraction of sp³-hybridized carbons (Fsp3) is 0.804. The molecule has 4 unspecified atom stereocenters. The van der Waals surface area contributed by atoms with Crippen LogP contribution in [0.15, 0.2) is 48.6 Å². The van der Waals surface area contributed by atoms with Gasteiger partial charge in [0.25, 0.3) is 0 Å². The highest BCUT2D eigenvalue weighted by atomic mass is 31.2. The van der Waals surface area contributed by atoms with Crippen LogP contribution >= 0.6 is 7.82 Å². The Balaban J connectivity index is 4.40. The van der Waals surface area contributed by atoms with Crippen LogP contribution in [0.25, 0.3) is 0 Å². The summed E-state index contributed by atoms with van der Waals surface area (Å²) in [5.74, 6) is -0.466. The molecule has 6 N–H and O–H groups in total. The lowest BCUT2D eigenvalue weighted by Gasteiger charge is -2.24. The van der Waals surface area contributed by atoms with Crippen LogP contribution in [0.2, 0.25) is 0 Å². The topological polar surface area (TPSA) is 151 Å². The first-order chi connectivity index (χ1) is 27.3. The lowest BCUT2D eigenvalue weighted by Crippen LogP contribution is -2.46. The zero-order chi connectivity index (χ0) is 41.2. The third-order valence-corrected chi connectivity index (χ3v) is 10.9. The van der Waals surface area contributed by atoms with Crippen LogP contribution < -0.4 is 11.1 Å². The van der Waals surface area contributed by atoms with Crippen molar-refractivity contribution in [3.8, 4) is 0 Å². The molecule has 0 spiro atoms. The number of phosphoric acid groups is 1. The number of amides is 1. The van der Waals surface area contributed by atoms with Crippen LogP contribution in [0.3, 0.4) is 0 Å². The van der Waals surface area contributed by atoms with E-state index in [1.807, 2.05) is 6.08 Å². The molecular weight excluding hydrogens is 723 g/mol. The van der Waals surface area contributed by atoms with E-state index in [1.54, 1.807) is 6.08 Å². The van der Waals surface area contributed by atoms with Crippen molar-refractivity contribution >= 4 is 13.7 Å². The van der Waals surface area contributed by atoms with Gasteiger partial charge in [-0.2, -0.15) is 0 Å². The van der Waals surface area contributed by atoms with Gasteiger partial charge in [-0.05, 0) is 70.6 Å². The molecule has 0 radical (unpaired) electrons. The van der Waals surface area contributed by atoms with E-state index >= 15 is 0 Å². The first-order valence-corrected chi connectivity index (χ1v) is 24.3. The zero-order valence-electron chi connectivity index (χ0n) is 36.0. The summed E-state index contributed by atoms with van der Waals surface area (Å²) in [6.07, 6.45) is 47.7. The summed E-state index contributed by atoms with van der Waals surface area (Å²) in [6.45, 7) is 3.93. The number of nitrogens with one attached hydrogen (secondary N) is 1. The lowest BCUT2D eigenvalue weighted by atomic mass is 10.0. The average molecular weight is 811 g/mol. The minimum Gasteiger partial charge on any atom is -0.393 e. The summed E-state index contributed by atoms with van der Waals surface area (Å²) in [6, 6.07) is -1.01. The average Bonchev–Trinajstić information content (AvgIpc) is 3.17. The van der Waals surface area contributed by atoms with Crippen LogP contribution in [-0.4, -0.2) is 59.0 Å². The number of allylic oxidation sites excluding steroid dienone is 7. The number of hydrogen-bond acceptors (Lipinski definition) is 7. The van der Waals surface area contributed by atoms with Gasteiger partial charge in [0, 0.05) is 6.54 Å². The van der Waals surface area contributed by atoms with Crippen LogP contribution in [-0.2, 0) is 18.4 Å². The molecule has 0 heterocycles. The van der Waals surface area contributed by atoms with Gasteiger partial charge in [0.05, 0.1) is 37.9 Å². The molecule has 328 valence electrons. The molecule has 0 aromatic heterocycles. The van der Waals surface area contributed by atoms with Gasteiger partial charge < -0.3 is 26.2 Å². The molecule has 0 aromatic rings. The minimum atomic E-state index is -4.41. The number of rotatable bonds is 42. The quantitative estimate of drug-likeness (QED) is 0.0232. The molecule has 0 aliphatic rings. The van der Waals surface area contributed by atoms with Gasteiger partial charge in [-0.15, -0.1) is 0 Å². The third-order valence-electron chi connectivity index (χ3n) is 9.91. The van der Waals surface area contributed by atoms with Gasteiger partial charge in [0.15, 0.2) is 0 Å². The van der Waals surface area contributed by atoms with E-state index in [9.17, 15) is 24.5 Å². The molecule has 0 saturated carbocycles. The van der Waals surface area contributed by atoms with Crippen molar-refractivity contribution in [2.75, 3.05) is 19.8 Å². The fourth-order valence-corrected chi connectivity index (χ4v) is 7.20. The second-order valence-corrected chi connectivity index (χ2v) is 16.9. The maximum absolute atomic E-state index is 12.8. The van der Waals surface area contributed by atoms with Crippen molar-refractivity contribution < 1.29 is 33.5 Å². The molecular formula is C46H87N2O7P. The van der Waals surface area contributed by atoms with E-state index in [-0.39, 0.29) is 19.6 Å². The normalized spacial score (nSPS) is 15.0. The highest BCUT2D eigenvalue weighted by molar-refractivity contribution is 7.47. The summed E-state index contributed by atoms with van der Waals surface area (Å²) < 4.78 is 22.1. The number of unbranched alkanes of at least 4 members (excludes halogenated alkanes) is 22. The molecule has 9 nitrogen and oxygen atoms in total. The van der Waals surface area contributed by atoms with Crippen molar-refractivity contribution in [3.05, 3.63) is 48.6 Å². The van der Waals surface area contributed by atoms with Gasteiger partial charge >= 0.3 is 7.82 Å². The van der Waals surface area contributed by atoms with E-state index in [1.165, 1.54) is 109 Å². The number of hydrogen-bond donors (Lipinski definition) is 5. The predicted molar refractivity (Wildman–Crippen MR) is 237 cm³/mol. The Labute approximate surface area is 344 Å². The molecule has 4 atom stereocenters. The Morgan fingerprint density at radius 3 is 1.48 bits per heavy atom. The second-order valence-electron chi connectivity index (χ2n) is 15.4. The van der Waals surface area contributed by atoms with Gasteiger partial charge in [-0.3, -0.25) is 13.8 Å². The first-order valence-electron chi connectivity index (χ1n) is 22.8. The first kappa shape index (κ1) is 54.4. The Hall–Kier alpha value is -1.58. The van der Waals surface area contributed by atoms with Gasteiger partial charge in [-0.25, -0.2) is 4.57 Å². The third kappa shape index (κ3) is 39.3. The number of carbonyl (C=O) groups is 1. The molecule has 0 aliphatic carbocycles. The standard InChI is InChI=1S/C46H87N2O7P/c1-3-5-7-9-11-13-15-17-19-20-21-22-24-26-28-30-32-34-36-38-45(50)44(42-55-56(52,53)54-40-39-47)48-46(51)41-43(49)37-35-33-31-29-27-25-23-18-16-14-12-10-8-6-4-2/h18,21-23,28,30,36,38,43-45,49-50H,3-17,19-20,24-27,29,31-35,37,39-42,47H2,1-2H3,(H,48,51)(H,52,53)/b22-21+,23-18-,30-28+,38-36+. The SMILES string of the molecule is CCCCCCCC/C=C\CCCCCCCC(O)CC(=O)NC(COP(=O)(O)OCCN)C(O)/C=C/CC/C=C/CC/C=C/CCCCCCCCCCC. The highest BCUT2D eigenvalue weighted by Crippen LogP contribution is 2.43. The van der Waals surface area contributed by atoms with Gasteiger partial charge in [-0.1, -0.05) is 172 Å². The molecule has 0 bridgehead atoms. The number of aliphatic hydroxyl groups excluding tert-OH is 2. The number of carbonyl (C=O) groups excluding carboxylic acids is 1. The van der Waals surface area contributed by atoms with Crippen LogP contribution in [0.4, 0.5) is 0 Å². The summed E-state index contributed by atoms with van der Waals surface area (Å²) in [7, 11) is -4.41. The molecule has 0 rings (SSSR count). The Morgan fingerprint density at radius 1 is 0.607 bits per heavy atom. The monoisotopic (exact) mass is 811 g/mol. The van der Waals surface area contributed by atoms with E-state index in [0.717, 1.165) is 57.8 Å². The zero-order valence-corrected chi connectivity index (χ0v) is 36.9. The summed E-state index contributed by atoms with van der Waals surface area (Å²) in [4.78, 5) is 22.8. The Morgan fingerprint density at radius 2 is 1.02 bits per heavy atom. The number of aliphatic hydroxyl groups is 2. The van der Waals surface area contributed by atoms with Crippen molar-refractivity contribution in [2.24, 2.45) is 5.73 Å². The lowest BCUT2D eigenvalue weighted by molar-refractivity contribution is -0.124. The maximum Gasteiger partial charge on any atom is 0.472 e. The van der Waals surface area contributed by atoms with Crippen LogP contribution in [0.5, 0.6) is 0 Å². The largest absolute Gasteiger partial charge is 0.472 e. The Kier molecular flexibility index (Phi) is 40.4. The maximum atomic E-state index is 12.8. The van der Waals surface area contributed by atoms with Crippen molar-refractivity contribution in [1.29, 1.82) is 0 Å². The second kappa shape index (κ2) is 41.6. The van der Waals surface area contributed by atoms with Gasteiger partial charge in [0.2, 0.25) is 5.91 Å². The van der Waals surface area contributed by atoms with Crippen molar-refractivity contribution in [1.82, 2.24) is 5.32 Å². The molecule has 10 heteroatoms. The molecule has 0 fully saturated rings. The fourth-order valence-electron chi connectivity index (χ4n) is 6.44. The van der Waals surface area contributed by atoms with E-state index in [0.29, 0.717) is 12.8 Å². The van der Waals surface area contributed by atoms with Crippen LogP contribution in [0, 0.1) is 0 Å². The number of phosphoric ester groups is 1. The van der Waals surface area contributed by atoms with E-state index in [2.05, 4.69) is 55.6 Å². The molecule has 56 heavy (non-hydrogen) atoms.